The molecule has 2 aromatic heterocycles. The summed E-state index contributed by atoms with van der Waals surface area (Å²) in [7, 11) is 1.37. The number of aliphatic hydroxyl groups is 1. The van der Waals surface area contributed by atoms with E-state index in [1.165, 1.54) is 41.7 Å². The van der Waals surface area contributed by atoms with Gasteiger partial charge in [0.1, 0.15) is 23.3 Å². The van der Waals surface area contributed by atoms with E-state index < -0.39 is 23.5 Å². The van der Waals surface area contributed by atoms with Crippen molar-refractivity contribution in [3.05, 3.63) is 81.7 Å². The lowest BCUT2D eigenvalue weighted by atomic mass is 9.99. The van der Waals surface area contributed by atoms with Gasteiger partial charge in [-0.15, -0.1) is 0 Å². The quantitative estimate of drug-likeness (QED) is 0.215. The van der Waals surface area contributed by atoms with Crippen LogP contribution in [-0.4, -0.2) is 28.9 Å². The number of aromatic nitrogens is 1. The maximum absolute atomic E-state index is 13.2. The fourth-order valence-electron chi connectivity index (χ4n) is 3.80. The average Bonchev–Trinajstić information content (AvgIpc) is 3.51. The van der Waals surface area contributed by atoms with Crippen molar-refractivity contribution in [1.29, 1.82) is 0 Å². The van der Waals surface area contributed by atoms with Gasteiger partial charge in [-0.1, -0.05) is 46.7 Å². The molecule has 7 nitrogen and oxygen atoms in total. The van der Waals surface area contributed by atoms with Crippen LogP contribution in [0.1, 0.15) is 17.4 Å². The zero-order valence-corrected chi connectivity index (χ0v) is 19.2. The van der Waals surface area contributed by atoms with Crippen LogP contribution in [0.15, 0.2) is 64.8 Å². The van der Waals surface area contributed by atoms with Gasteiger partial charge in [-0.2, -0.15) is 0 Å². The second-order valence-corrected chi connectivity index (χ2v) is 8.97. The molecule has 1 fully saturated rings. The van der Waals surface area contributed by atoms with E-state index in [1.54, 1.807) is 12.1 Å². The van der Waals surface area contributed by atoms with Crippen LogP contribution in [0.2, 0.25) is 10.0 Å². The Labute approximate surface area is 201 Å². The van der Waals surface area contributed by atoms with Crippen molar-refractivity contribution in [3.63, 3.8) is 0 Å². The Morgan fingerprint density at radius 3 is 2.67 bits per heavy atom. The molecule has 0 spiro atoms. The number of para-hydroxylation sites is 1. The summed E-state index contributed by atoms with van der Waals surface area (Å²) in [5.41, 5.74) is 0.570. The van der Waals surface area contributed by atoms with E-state index in [9.17, 15) is 14.7 Å². The molecule has 1 N–H and O–H groups in total. The Morgan fingerprint density at radius 2 is 1.97 bits per heavy atom. The molecule has 33 heavy (non-hydrogen) atoms. The number of ether oxygens (including phenoxy) is 1. The predicted molar refractivity (Wildman–Crippen MR) is 126 cm³/mol. The molecule has 0 bridgehead atoms. The molecule has 3 heterocycles. The third-order valence-electron chi connectivity index (χ3n) is 5.21. The van der Waals surface area contributed by atoms with Crippen molar-refractivity contribution in [2.75, 3.05) is 12.0 Å². The summed E-state index contributed by atoms with van der Waals surface area (Å²) >= 11 is 13.6. The van der Waals surface area contributed by atoms with Crippen molar-refractivity contribution < 1.29 is 23.8 Å². The van der Waals surface area contributed by atoms with Gasteiger partial charge in [-0.25, -0.2) is 4.98 Å². The summed E-state index contributed by atoms with van der Waals surface area (Å²) in [6.07, 6.45) is 1.42. The molecule has 1 unspecified atom stereocenters. The standard InChI is InChI=1S/C23H14Cl2N2O5S/c1-31-21-12(9-11(24)10-13(21)25)19(28)17-18(15-6-4-8-32-15)27(22(30)20(17)29)23-26-14-5-2-3-7-16(14)33-23/h2-10,18,28H,1H3/b19-17+. The van der Waals surface area contributed by atoms with Crippen molar-refractivity contribution in [1.82, 2.24) is 4.98 Å². The molecule has 2 aromatic carbocycles. The highest BCUT2D eigenvalue weighted by Gasteiger charge is 2.49. The van der Waals surface area contributed by atoms with E-state index >= 15 is 0 Å². The van der Waals surface area contributed by atoms with Gasteiger partial charge < -0.3 is 14.3 Å². The van der Waals surface area contributed by atoms with Crippen LogP contribution in [0.25, 0.3) is 16.0 Å². The first-order chi connectivity index (χ1) is 15.9. The highest BCUT2D eigenvalue weighted by molar-refractivity contribution is 7.22. The van der Waals surface area contributed by atoms with Crippen LogP contribution in [0, 0.1) is 0 Å². The summed E-state index contributed by atoms with van der Waals surface area (Å²) in [4.78, 5) is 32.2. The van der Waals surface area contributed by atoms with Gasteiger partial charge in [-0.3, -0.25) is 14.5 Å². The Morgan fingerprint density at radius 1 is 1.18 bits per heavy atom. The van der Waals surface area contributed by atoms with Crippen LogP contribution in [0.3, 0.4) is 0 Å². The molecule has 166 valence electrons. The number of rotatable bonds is 4. The molecule has 5 rings (SSSR count). The number of halogens is 2. The summed E-state index contributed by atoms with van der Waals surface area (Å²) in [6.45, 7) is 0. The minimum absolute atomic E-state index is 0.0776. The molecule has 1 aliphatic heterocycles. The topological polar surface area (TPSA) is 92.9 Å². The number of ketones is 1. The number of hydrogen-bond acceptors (Lipinski definition) is 7. The van der Waals surface area contributed by atoms with Crippen LogP contribution in [0.4, 0.5) is 5.13 Å². The highest BCUT2D eigenvalue weighted by Crippen LogP contribution is 2.46. The number of Topliss-reactive ketones (excluding diaryl/α,β-unsaturated/α-hetero) is 1. The van der Waals surface area contributed by atoms with E-state index in [-0.39, 0.29) is 32.7 Å². The lowest BCUT2D eigenvalue weighted by Gasteiger charge is -2.21. The minimum atomic E-state index is -1.05. The average molecular weight is 501 g/mol. The van der Waals surface area contributed by atoms with Gasteiger partial charge in [0.25, 0.3) is 5.78 Å². The lowest BCUT2D eigenvalue weighted by molar-refractivity contribution is -0.132. The maximum atomic E-state index is 13.2. The van der Waals surface area contributed by atoms with E-state index in [2.05, 4.69) is 4.98 Å². The third kappa shape index (κ3) is 3.47. The first-order valence-corrected chi connectivity index (χ1v) is 11.2. The Balaban J connectivity index is 1.76. The molecule has 0 aliphatic carbocycles. The van der Waals surface area contributed by atoms with Crippen LogP contribution < -0.4 is 9.64 Å². The van der Waals surface area contributed by atoms with Gasteiger partial charge in [0.05, 0.1) is 39.7 Å². The number of furan rings is 1. The minimum Gasteiger partial charge on any atom is -0.507 e. The molecule has 1 aliphatic rings. The lowest BCUT2D eigenvalue weighted by Crippen LogP contribution is -2.29. The first kappa shape index (κ1) is 21.5. The summed E-state index contributed by atoms with van der Waals surface area (Å²) in [5.74, 6) is -1.83. The van der Waals surface area contributed by atoms with Crippen molar-refractivity contribution in [2.45, 2.75) is 6.04 Å². The SMILES string of the molecule is COc1c(Cl)cc(Cl)cc1/C(O)=C1\C(=O)C(=O)N(c2nc3ccccc3s2)C1c1ccco1. The molecular formula is C23H14Cl2N2O5S. The molecule has 1 atom stereocenters. The van der Waals surface area contributed by atoms with Gasteiger partial charge in [0.2, 0.25) is 0 Å². The van der Waals surface area contributed by atoms with E-state index in [0.717, 1.165) is 4.70 Å². The number of fused-ring (bicyclic) bond motifs is 1. The molecule has 4 aromatic rings. The van der Waals surface area contributed by atoms with E-state index in [0.29, 0.717) is 10.6 Å². The number of methoxy groups -OCH3 is 1. The second-order valence-electron chi connectivity index (χ2n) is 7.12. The summed E-state index contributed by atoms with van der Waals surface area (Å²) in [6, 6.07) is 12.4. The number of anilines is 1. The molecule has 1 amide bonds. The van der Waals surface area contributed by atoms with Crippen molar-refractivity contribution in [3.8, 4) is 5.75 Å². The fraction of sp³-hybridized carbons (Fsp3) is 0.0870. The van der Waals surface area contributed by atoms with E-state index in [1.807, 2.05) is 24.3 Å². The van der Waals surface area contributed by atoms with Gasteiger partial charge >= 0.3 is 5.91 Å². The number of hydrogen-bond donors (Lipinski definition) is 1. The molecular weight excluding hydrogens is 487 g/mol. The second kappa shape index (κ2) is 8.22. The van der Waals surface area contributed by atoms with Crippen LogP contribution >= 0.6 is 34.5 Å². The Kier molecular flexibility index (Phi) is 5.36. The summed E-state index contributed by atoms with van der Waals surface area (Å²) in [5, 5.41) is 11.9. The number of benzene rings is 2. The number of aliphatic hydroxyl groups excluding tert-OH is 1. The van der Waals surface area contributed by atoms with Crippen LogP contribution in [0.5, 0.6) is 5.75 Å². The molecule has 10 heteroatoms. The Hall–Kier alpha value is -3.33. The normalized spacial score (nSPS) is 17.8. The van der Waals surface area contributed by atoms with Crippen LogP contribution in [-0.2, 0) is 9.59 Å². The molecule has 1 saturated heterocycles. The van der Waals surface area contributed by atoms with E-state index in [4.69, 9.17) is 32.4 Å². The fourth-order valence-corrected chi connectivity index (χ4v) is 5.36. The van der Waals surface area contributed by atoms with Crippen molar-refractivity contribution in [2.24, 2.45) is 0 Å². The largest absolute Gasteiger partial charge is 0.507 e. The molecule has 0 radical (unpaired) electrons. The Bertz CT molecular complexity index is 1410. The number of thiazole rings is 1. The monoisotopic (exact) mass is 500 g/mol. The summed E-state index contributed by atoms with van der Waals surface area (Å²) < 4.78 is 11.7. The number of carbonyl (C=O) groups excluding carboxylic acids is 2. The zero-order valence-electron chi connectivity index (χ0n) is 16.9. The van der Waals surface area contributed by atoms with Crippen molar-refractivity contribution >= 4 is 67.3 Å². The first-order valence-electron chi connectivity index (χ1n) is 9.64. The zero-order chi connectivity index (χ0) is 23.3. The number of amides is 1. The number of carbonyl (C=O) groups is 2. The van der Waals surface area contributed by atoms with Gasteiger partial charge in [0, 0.05) is 5.02 Å². The predicted octanol–water partition coefficient (Wildman–Crippen LogP) is 5.83. The van der Waals surface area contributed by atoms with Gasteiger partial charge in [0.15, 0.2) is 5.13 Å². The highest BCUT2D eigenvalue weighted by atomic mass is 35.5. The third-order valence-corrected chi connectivity index (χ3v) is 6.75. The van der Waals surface area contributed by atoms with Gasteiger partial charge in [-0.05, 0) is 36.4 Å². The smallest absolute Gasteiger partial charge is 0.302 e. The molecule has 0 saturated carbocycles. The maximum Gasteiger partial charge on any atom is 0.302 e. The number of nitrogens with zero attached hydrogens (tertiary/aromatic N) is 2.